The molecule has 1 heterocycles. The van der Waals surface area contributed by atoms with Gasteiger partial charge in [0.15, 0.2) is 6.04 Å². The third kappa shape index (κ3) is 4.92. The first kappa shape index (κ1) is 20.8. The fraction of sp³-hybridized carbons (Fsp3) is 0.500. The number of amides is 2. The zero-order valence-corrected chi connectivity index (χ0v) is 16.5. The SMILES string of the molecule is COC(=O)c1cc(NC(=O)C[C@@H]2[NH2+][C@H]3CCCC[C@H]3NC2=O)cc(C(=O)OC)c1. The Balaban J connectivity index is 1.70. The molecule has 4 N–H and O–H groups in total. The molecule has 9 nitrogen and oxygen atoms in total. The van der Waals surface area contributed by atoms with E-state index in [2.05, 4.69) is 20.1 Å². The number of anilines is 1. The number of methoxy groups -OCH3 is 2. The number of rotatable bonds is 5. The molecule has 0 spiro atoms. The summed E-state index contributed by atoms with van der Waals surface area (Å²) < 4.78 is 9.38. The number of carbonyl (C=O) groups excluding carboxylic acids is 4. The van der Waals surface area contributed by atoms with E-state index >= 15 is 0 Å². The van der Waals surface area contributed by atoms with Crippen LogP contribution in [-0.2, 0) is 19.1 Å². The number of ether oxygens (including phenoxy) is 2. The van der Waals surface area contributed by atoms with Gasteiger partial charge in [0.05, 0.1) is 37.8 Å². The van der Waals surface area contributed by atoms with Crippen LogP contribution in [-0.4, -0.2) is 56.1 Å². The molecule has 29 heavy (non-hydrogen) atoms. The molecular weight excluding hydrogens is 378 g/mol. The Morgan fingerprint density at radius 3 is 2.31 bits per heavy atom. The Hall–Kier alpha value is -2.94. The first-order chi connectivity index (χ1) is 13.9. The Morgan fingerprint density at radius 2 is 1.69 bits per heavy atom. The molecular formula is C20H26N3O6+. The smallest absolute Gasteiger partial charge is 0.337 e. The lowest BCUT2D eigenvalue weighted by Gasteiger charge is -2.37. The van der Waals surface area contributed by atoms with Gasteiger partial charge >= 0.3 is 11.9 Å². The molecule has 3 atom stereocenters. The van der Waals surface area contributed by atoms with E-state index in [0.29, 0.717) is 6.04 Å². The van der Waals surface area contributed by atoms with Crippen molar-refractivity contribution in [2.24, 2.45) is 0 Å². The molecule has 2 amide bonds. The van der Waals surface area contributed by atoms with Crippen LogP contribution in [0, 0.1) is 0 Å². The van der Waals surface area contributed by atoms with Crippen molar-refractivity contribution in [2.45, 2.75) is 50.2 Å². The van der Waals surface area contributed by atoms with Gasteiger partial charge in [0.25, 0.3) is 5.91 Å². The number of nitrogens with one attached hydrogen (secondary N) is 2. The maximum absolute atomic E-state index is 12.5. The van der Waals surface area contributed by atoms with Gasteiger partial charge in [-0.2, -0.15) is 0 Å². The number of benzene rings is 1. The van der Waals surface area contributed by atoms with Gasteiger partial charge in [-0.05, 0) is 31.0 Å². The molecule has 1 aliphatic heterocycles. The normalized spacial score (nSPS) is 23.4. The van der Waals surface area contributed by atoms with E-state index in [9.17, 15) is 19.2 Å². The molecule has 0 radical (unpaired) electrons. The van der Waals surface area contributed by atoms with Crippen LogP contribution in [0.1, 0.15) is 52.8 Å². The zero-order chi connectivity index (χ0) is 21.0. The molecule has 2 aliphatic rings. The van der Waals surface area contributed by atoms with Gasteiger partial charge in [-0.3, -0.25) is 9.59 Å². The van der Waals surface area contributed by atoms with E-state index < -0.39 is 18.0 Å². The van der Waals surface area contributed by atoms with Crippen LogP contribution >= 0.6 is 0 Å². The maximum atomic E-state index is 12.5. The highest BCUT2D eigenvalue weighted by Crippen LogP contribution is 2.20. The molecule has 1 aliphatic carbocycles. The van der Waals surface area contributed by atoms with Crippen molar-refractivity contribution in [1.29, 1.82) is 0 Å². The van der Waals surface area contributed by atoms with Gasteiger partial charge < -0.3 is 25.4 Å². The van der Waals surface area contributed by atoms with E-state index in [-0.39, 0.29) is 41.1 Å². The van der Waals surface area contributed by atoms with Gasteiger partial charge in [0.1, 0.15) is 6.04 Å². The molecule has 156 valence electrons. The average molecular weight is 404 g/mol. The number of hydrogen-bond donors (Lipinski definition) is 3. The van der Waals surface area contributed by atoms with Crippen LogP contribution in [0.5, 0.6) is 0 Å². The van der Waals surface area contributed by atoms with E-state index in [4.69, 9.17) is 0 Å². The van der Waals surface area contributed by atoms with Crippen molar-refractivity contribution in [2.75, 3.05) is 19.5 Å². The summed E-state index contributed by atoms with van der Waals surface area (Å²) in [6, 6.07) is 4.13. The topological polar surface area (TPSA) is 127 Å². The average Bonchev–Trinajstić information content (AvgIpc) is 2.72. The first-order valence-electron chi connectivity index (χ1n) is 9.68. The highest BCUT2D eigenvalue weighted by Gasteiger charge is 2.40. The quantitative estimate of drug-likeness (QED) is 0.591. The number of piperazine rings is 1. The van der Waals surface area contributed by atoms with Crippen LogP contribution in [0.4, 0.5) is 5.69 Å². The molecule has 9 heteroatoms. The third-order valence-corrected chi connectivity index (χ3v) is 5.43. The molecule has 1 aromatic carbocycles. The molecule has 1 aromatic rings. The molecule has 3 rings (SSSR count). The van der Waals surface area contributed by atoms with E-state index in [1.165, 1.54) is 32.4 Å². The Morgan fingerprint density at radius 1 is 1.07 bits per heavy atom. The van der Waals surface area contributed by atoms with E-state index in [0.717, 1.165) is 25.7 Å². The minimum atomic E-state index is -0.644. The maximum Gasteiger partial charge on any atom is 0.337 e. The first-order valence-corrected chi connectivity index (χ1v) is 9.68. The van der Waals surface area contributed by atoms with Crippen LogP contribution < -0.4 is 16.0 Å². The minimum Gasteiger partial charge on any atom is -0.465 e. The second-order valence-electron chi connectivity index (χ2n) is 7.40. The van der Waals surface area contributed by atoms with E-state index in [1.54, 1.807) is 0 Å². The van der Waals surface area contributed by atoms with Crippen LogP contribution in [0.15, 0.2) is 18.2 Å². The molecule has 0 bridgehead atoms. The highest BCUT2D eigenvalue weighted by atomic mass is 16.5. The lowest BCUT2D eigenvalue weighted by Crippen LogP contribution is -3.03. The fourth-order valence-corrected chi connectivity index (χ4v) is 3.99. The molecule has 0 aromatic heterocycles. The largest absolute Gasteiger partial charge is 0.465 e. The van der Waals surface area contributed by atoms with E-state index in [1.807, 2.05) is 5.32 Å². The van der Waals surface area contributed by atoms with Crippen molar-refractivity contribution >= 4 is 29.4 Å². The predicted molar refractivity (Wildman–Crippen MR) is 102 cm³/mol. The number of quaternary nitrogens is 1. The van der Waals surface area contributed by atoms with Crippen LogP contribution in [0.25, 0.3) is 0 Å². The Bertz CT molecular complexity index is 790. The standard InChI is InChI=1S/C20H25N3O6/c1-28-19(26)11-7-12(20(27)29-2)9-13(8-11)21-17(24)10-16-18(25)23-15-6-4-3-5-14(15)22-16/h7-9,14-16,22H,3-6,10H2,1-2H3,(H,21,24)(H,23,25)/p+1/t14-,15+,16-/m0/s1. The number of esters is 2. The zero-order valence-electron chi connectivity index (χ0n) is 16.5. The molecule has 2 fully saturated rings. The van der Waals surface area contributed by atoms with Gasteiger partial charge in [-0.25, -0.2) is 9.59 Å². The Labute approximate surface area is 168 Å². The summed E-state index contributed by atoms with van der Waals surface area (Å²) in [4.78, 5) is 48.6. The summed E-state index contributed by atoms with van der Waals surface area (Å²) in [5, 5.41) is 7.69. The summed E-state index contributed by atoms with van der Waals surface area (Å²) in [7, 11) is 2.45. The van der Waals surface area contributed by atoms with Gasteiger partial charge in [-0.1, -0.05) is 6.42 Å². The second kappa shape index (κ2) is 9.04. The van der Waals surface area contributed by atoms with Crippen molar-refractivity contribution in [1.82, 2.24) is 5.32 Å². The van der Waals surface area contributed by atoms with Crippen molar-refractivity contribution in [3.63, 3.8) is 0 Å². The summed E-state index contributed by atoms with van der Waals surface area (Å²) in [5.41, 5.74) is 0.473. The van der Waals surface area contributed by atoms with Gasteiger partial charge in [-0.15, -0.1) is 0 Å². The highest BCUT2D eigenvalue weighted by molar-refractivity contribution is 6.00. The number of fused-ring (bicyclic) bond motifs is 1. The number of carbonyl (C=O) groups is 4. The second-order valence-corrected chi connectivity index (χ2v) is 7.40. The lowest BCUT2D eigenvalue weighted by atomic mass is 9.87. The molecule has 0 unspecified atom stereocenters. The number of hydrogen-bond acceptors (Lipinski definition) is 6. The van der Waals surface area contributed by atoms with Gasteiger partial charge in [0, 0.05) is 12.1 Å². The van der Waals surface area contributed by atoms with Crippen LogP contribution in [0.2, 0.25) is 0 Å². The molecule has 1 saturated heterocycles. The Kier molecular flexibility index (Phi) is 6.48. The van der Waals surface area contributed by atoms with Crippen molar-refractivity contribution in [3.05, 3.63) is 29.3 Å². The number of nitrogens with two attached hydrogens (primary N) is 1. The summed E-state index contributed by atoms with van der Waals surface area (Å²) in [6.45, 7) is 0. The van der Waals surface area contributed by atoms with Gasteiger partial charge in [0.2, 0.25) is 5.91 Å². The van der Waals surface area contributed by atoms with Crippen molar-refractivity contribution in [3.8, 4) is 0 Å². The predicted octanol–water partition coefficient (Wildman–Crippen LogP) is -0.0386. The summed E-state index contributed by atoms with van der Waals surface area (Å²) in [5.74, 6) is -1.81. The minimum absolute atomic E-state index is 0.00887. The molecule has 1 saturated carbocycles. The summed E-state index contributed by atoms with van der Waals surface area (Å²) in [6.07, 6.45) is 4.23. The monoisotopic (exact) mass is 404 g/mol. The fourth-order valence-electron chi connectivity index (χ4n) is 3.99. The lowest BCUT2D eigenvalue weighted by molar-refractivity contribution is -0.718. The van der Waals surface area contributed by atoms with Crippen LogP contribution in [0.3, 0.4) is 0 Å². The third-order valence-electron chi connectivity index (χ3n) is 5.43. The van der Waals surface area contributed by atoms with Crippen molar-refractivity contribution < 1.29 is 34.0 Å². The summed E-state index contributed by atoms with van der Waals surface area (Å²) >= 11 is 0.